The van der Waals surface area contributed by atoms with E-state index >= 15 is 0 Å². The Labute approximate surface area is 92.1 Å². The first-order chi connectivity index (χ1) is 7.70. The van der Waals surface area contributed by atoms with Gasteiger partial charge in [0.15, 0.2) is 6.29 Å². The molecule has 5 heteroatoms. The lowest BCUT2D eigenvalue weighted by atomic mass is 10.1. The van der Waals surface area contributed by atoms with E-state index in [4.69, 9.17) is 15.2 Å². The SMILES string of the molecule is NCC1COC(c2ccc(C(F)F)cc2)O1. The summed E-state index contributed by atoms with van der Waals surface area (Å²) in [5, 5.41) is 0. The predicted molar refractivity (Wildman–Crippen MR) is 54.0 cm³/mol. The highest BCUT2D eigenvalue weighted by molar-refractivity contribution is 5.24. The van der Waals surface area contributed by atoms with Gasteiger partial charge in [-0.15, -0.1) is 0 Å². The van der Waals surface area contributed by atoms with Gasteiger partial charge in [-0.1, -0.05) is 24.3 Å². The second-order valence-corrected chi connectivity index (χ2v) is 3.63. The molecule has 88 valence electrons. The number of halogens is 2. The van der Waals surface area contributed by atoms with Gasteiger partial charge in [0.1, 0.15) is 0 Å². The molecule has 0 spiro atoms. The maximum Gasteiger partial charge on any atom is 0.263 e. The number of hydrogen-bond donors (Lipinski definition) is 1. The molecule has 16 heavy (non-hydrogen) atoms. The Morgan fingerprint density at radius 1 is 1.31 bits per heavy atom. The monoisotopic (exact) mass is 229 g/mol. The van der Waals surface area contributed by atoms with E-state index in [1.807, 2.05) is 0 Å². The molecule has 3 nitrogen and oxygen atoms in total. The van der Waals surface area contributed by atoms with Gasteiger partial charge in [-0.3, -0.25) is 0 Å². The molecule has 1 saturated heterocycles. The topological polar surface area (TPSA) is 44.5 Å². The highest BCUT2D eigenvalue weighted by Crippen LogP contribution is 2.28. The molecule has 0 bridgehead atoms. The van der Waals surface area contributed by atoms with E-state index in [0.29, 0.717) is 13.2 Å². The Balaban J connectivity index is 2.05. The van der Waals surface area contributed by atoms with Crippen LogP contribution in [0.1, 0.15) is 23.8 Å². The molecule has 2 rings (SSSR count). The van der Waals surface area contributed by atoms with Crippen molar-refractivity contribution in [2.45, 2.75) is 18.8 Å². The van der Waals surface area contributed by atoms with Crippen molar-refractivity contribution in [1.29, 1.82) is 0 Å². The summed E-state index contributed by atoms with van der Waals surface area (Å²) in [6, 6.07) is 5.93. The van der Waals surface area contributed by atoms with Crippen molar-refractivity contribution < 1.29 is 18.3 Å². The zero-order chi connectivity index (χ0) is 11.5. The quantitative estimate of drug-likeness (QED) is 0.862. The maximum atomic E-state index is 12.3. The van der Waals surface area contributed by atoms with Crippen LogP contribution in [0.25, 0.3) is 0 Å². The lowest BCUT2D eigenvalue weighted by Gasteiger charge is -2.11. The minimum absolute atomic E-state index is 0.00267. The Morgan fingerprint density at radius 2 is 2.00 bits per heavy atom. The average molecular weight is 229 g/mol. The highest BCUT2D eigenvalue weighted by Gasteiger charge is 2.26. The largest absolute Gasteiger partial charge is 0.346 e. The normalized spacial score (nSPS) is 25.2. The second kappa shape index (κ2) is 4.86. The molecule has 1 aromatic rings. The number of hydrogen-bond acceptors (Lipinski definition) is 3. The van der Waals surface area contributed by atoms with E-state index in [9.17, 15) is 8.78 Å². The van der Waals surface area contributed by atoms with E-state index < -0.39 is 12.7 Å². The summed E-state index contributed by atoms with van der Waals surface area (Å²) in [4.78, 5) is 0. The molecule has 0 saturated carbocycles. The Bertz CT molecular complexity index is 342. The molecule has 0 aliphatic carbocycles. The molecule has 2 unspecified atom stereocenters. The Hall–Kier alpha value is -1.04. The van der Waals surface area contributed by atoms with Crippen LogP contribution in [0.3, 0.4) is 0 Å². The van der Waals surface area contributed by atoms with E-state index in [2.05, 4.69) is 0 Å². The summed E-state index contributed by atoms with van der Waals surface area (Å²) in [6.45, 7) is 0.837. The van der Waals surface area contributed by atoms with Gasteiger partial charge in [0.05, 0.1) is 12.7 Å². The molecular weight excluding hydrogens is 216 g/mol. The average Bonchev–Trinajstić information content (AvgIpc) is 2.77. The van der Waals surface area contributed by atoms with Crippen molar-refractivity contribution in [3.63, 3.8) is 0 Å². The van der Waals surface area contributed by atoms with Gasteiger partial charge in [0.2, 0.25) is 0 Å². The number of nitrogens with two attached hydrogens (primary N) is 1. The van der Waals surface area contributed by atoms with Crippen LogP contribution in [0.2, 0.25) is 0 Å². The summed E-state index contributed by atoms with van der Waals surface area (Å²) in [5.74, 6) is 0. The van der Waals surface area contributed by atoms with Crippen LogP contribution >= 0.6 is 0 Å². The van der Waals surface area contributed by atoms with E-state index in [1.54, 1.807) is 12.1 Å². The number of rotatable bonds is 3. The molecule has 1 aliphatic rings. The van der Waals surface area contributed by atoms with Crippen molar-refractivity contribution in [3.05, 3.63) is 35.4 Å². The van der Waals surface area contributed by atoms with Gasteiger partial charge in [-0.25, -0.2) is 8.78 Å². The lowest BCUT2D eigenvalue weighted by molar-refractivity contribution is -0.0585. The lowest BCUT2D eigenvalue weighted by Crippen LogP contribution is -2.21. The smallest absolute Gasteiger partial charge is 0.263 e. The fourth-order valence-corrected chi connectivity index (χ4v) is 1.55. The number of ether oxygens (including phenoxy) is 2. The predicted octanol–water partition coefficient (Wildman–Crippen LogP) is 2.00. The minimum Gasteiger partial charge on any atom is -0.346 e. The zero-order valence-corrected chi connectivity index (χ0v) is 8.61. The van der Waals surface area contributed by atoms with Crippen LogP contribution in [0.15, 0.2) is 24.3 Å². The van der Waals surface area contributed by atoms with Crippen LogP contribution in [0.4, 0.5) is 8.78 Å². The Kier molecular flexibility index (Phi) is 3.48. The summed E-state index contributed by atoms with van der Waals surface area (Å²) in [7, 11) is 0. The van der Waals surface area contributed by atoms with Gasteiger partial charge in [-0.05, 0) is 0 Å². The van der Waals surface area contributed by atoms with E-state index in [-0.39, 0.29) is 11.7 Å². The fraction of sp³-hybridized carbons (Fsp3) is 0.455. The van der Waals surface area contributed by atoms with Gasteiger partial charge in [-0.2, -0.15) is 0 Å². The molecule has 1 aliphatic heterocycles. The summed E-state index contributed by atoms with van der Waals surface area (Å²) in [6.07, 6.45) is -3.05. The van der Waals surface area contributed by atoms with Crippen molar-refractivity contribution in [3.8, 4) is 0 Å². The number of benzene rings is 1. The molecule has 0 radical (unpaired) electrons. The molecule has 0 aromatic heterocycles. The third-order valence-electron chi connectivity index (χ3n) is 2.47. The first kappa shape index (κ1) is 11.4. The molecule has 2 atom stereocenters. The van der Waals surface area contributed by atoms with Crippen molar-refractivity contribution in [2.24, 2.45) is 5.73 Å². The molecule has 1 fully saturated rings. The summed E-state index contributed by atoms with van der Waals surface area (Å²) >= 11 is 0. The highest BCUT2D eigenvalue weighted by atomic mass is 19.3. The molecule has 2 N–H and O–H groups in total. The van der Waals surface area contributed by atoms with Crippen LogP contribution in [-0.4, -0.2) is 19.3 Å². The molecule has 1 aromatic carbocycles. The maximum absolute atomic E-state index is 12.3. The Morgan fingerprint density at radius 3 is 2.50 bits per heavy atom. The standard InChI is InChI=1S/C11H13F2NO2/c12-10(13)7-1-3-8(4-2-7)11-15-6-9(5-14)16-11/h1-4,9-11H,5-6,14H2. The van der Waals surface area contributed by atoms with Gasteiger partial charge < -0.3 is 15.2 Å². The first-order valence-electron chi connectivity index (χ1n) is 5.06. The molecule has 0 amide bonds. The van der Waals surface area contributed by atoms with Crippen molar-refractivity contribution in [1.82, 2.24) is 0 Å². The third kappa shape index (κ3) is 2.37. The van der Waals surface area contributed by atoms with Crippen LogP contribution in [0, 0.1) is 0 Å². The third-order valence-corrected chi connectivity index (χ3v) is 2.47. The minimum atomic E-state index is -2.45. The summed E-state index contributed by atoms with van der Waals surface area (Å²) < 4.78 is 35.4. The molecule has 1 heterocycles. The first-order valence-corrected chi connectivity index (χ1v) is 5.06. The van der Waals surface area contributed by atoms with Crippen LogP contribution < -0.4 is 5.73 Å². The summed E-state index contributed by atoms with van der Waals surface area (Å²) in [5.41, 5.74) is 6.17. The zero-order valence-electron chi connectivity index (χ0n) is 8.61. The van der Waals surface area contributed by atoms with E-state index in [1.165, 1.54) is 12.1 Å². The second-order valence-electron chi connectivity index (χ2n) is 3.63. The van der Waals surface area contributed by atoms with Gasteiger partial charge in [0, 0.05) is 17.7 Å². The number of alkyl halides is 2. The van der Waals surface area contributed by atoms with Crippen molar-refractivity contribution in [2.75, 3.05) is 13.2 Å². The molecular formula is C11H13F2NO2. The van der Waals surface area contributed by atoms with E-state index in [0.717, 1.165) is 5.56 Å². The van der Waals surface area contributed by atoms with Gasteiger partial charge >= 0.3 is 0 Å². The van der Waals surface area contributed by atoms with Gasteiger partial charge in [0.25, 0.3) is 6.43 Å². The van der Waals surface area contributed by atoms with Crippen molar-refractivity contribution >= 4 is 0 Å². The fourth-order valence-electron chi connectivity index (χ4n) is 1.55. The van der Waals surface area contributed by atoms with Crippen LogP contribution in [0.5, 0.6) is 0 Å². The van der Waals surface area contributed by atoms with Crippen LogP contribution in [-0.2, 0) is 9.47 Å².